The lowest BCUT2D eigenvalue weighted by Gasteiger charge is -2.09. The third-order valence-electron chi connectivity index (χ3n) is 2.42. The van der Waals surface area contributed by atoms with Crippen molar-refractivity contribution >= 4 is 11.6 Å². The van der Waals surface area contributed by atoms with E-state index in [2.05, 4.69) is 34.4 Å². The van der Waals surface area contributed by atoms with Gasteiger partial charge >= 0.3 is 0 Å². The van der Waals surface area contributed by atoms with Gasteiger partial charge in [-0.05, 0) is 19.3 Å². The Bertz CT molecular complexity index is 331. The van der Waals surface area contributed by atoms with Crippen LogP contribution >= 0.6 is 0 Å². The zero-order valence-electron chi connectivity index (χ0n) is 11.6. The molecule has 0 spiro atoms. The van der Waals surface area contributed by atoms with Crippen LogP contribution in [0.5, 0.6) is 0 Å². The van der Waals surface area contributed by atoms with Crippen LogP contribution in [-0.2, 0) is 4.74 Å². The van der Waals surface area contributed by atoms with E-state index in [1.54, 1.807) is 6.33 Å². The normalized spacial score (nSPS) is 10.7. The molecule has 0 aliphatic heterocycles. The molecule has 0 bridgehead atoms. The minimum Gasteiger partial charge on any atom is -0.380 e. The van der Waals surface area contributed by atoms with Crippen molar-refractivity contribution in [1.82, 2.24) is 9.97 Å². The van der Waals surface area contributed by atoms with Crippen molar-refractivity contribution in [3.05, 3.63) is 12.4 Å². The summed E-state index contributed by atoms with van der Waals surface area (Å²) < 4.78 is 5.52. The van der Waals surface area contributed by atoms with Gasteiger partial charge in [0.25, 0.3) is 0 Å². The molecule has 0 amide bonds. The zero-order valence-corrected chi connectivity index (χ0v) is 11.6. The average Bonchev–Trinajstić information content (AvgIpc) is 2.34. The van der Waals surface area contributed by atoms with Crippen molar-refractivity contribution in [3.63, 3.8) is 0 Å². The summed E-state index contributed by atoms with van der Waals surface area (Å²) >= 11 is 0. The molecule has 102 valence electrons. The Morgan fingerprint density at radius 1 is 1.17 bits per heavy atom. The Balaban J connectivity index is 2.16. The smallest absolute Gasteiger partial charge is 0.131 e. The monoisotopic (exact) mass is 252 g/mol. The van der Waals surface area contributed by atoms with E-state index < -0.39 is 0 Å². The van der Waals surface area contributed by atoms with E-state index in [0.717, 1.165) is 37.8 Å². The van der Waals surface area contributed by atoms with Gasteiger partial charge in [-0.3, -0.25) is 0 Å². The Morgan fingerprint density at radius 3 is 2.56 bits per heavy atom. The van der Waals surface area contributed by atoms with Crippen molar-refractivity contribution in [2.75, 3.05) is 36.9 Å². The third kappa shape index (κ3) is 6.39. The molecule has 1 rings (SSSR count). The molecular formula is C13H24N4O. The minimum absolute atomic E-state index is 0.697. The number of rotatable bonds is 9. The second kappa shape index (κ2) is 8.69. The molecule has 0 atom stereocenters. The minimum atomic E-state index is 0.697. The van der Waals surface area contributed by atoms with Crippen LogP contribution in [0.25, 0.3) is 0 Å². The molecule has 5 nitrogen and oxygen atoms in total. The SMILES string of the molecule is CCNc1cc(NCCOCCC(C)C)ncn1. The van der Waals surface area contributed by atoms with E-state index in [1.165, 1.54) is 0 Å². The Kier molecular flexibility index (Phi) is 7.10. The quantitative estimate of drug-likeness (QED) is 0.661. The summed E-state index contributed by atoms with van der Waals surface area (Å²) in [7, 11) is 0. The fourth-order valence-corrected chi connectivity index (χ4v) is 1.40. The highest BCUT2D eigenvalue weighted by atomic mass is 16.5. The first-order valence-corrected chi connectivity index (χ1v) is 6.60. The standard InChI is InChI=1S/C13H24N4O/c1-4-14-12-9-13(17-10-16-12)15-6-8-18-7-5-11(2)3/h9-11H,4-8H2,1-3H3,(H2,14,15,16,17). The van der Waals surface area contributed by atoms with Crippen LogP contribution < -0.4 is 10.6 Å². The lowest BCUT2D eigenvalue weighted by Crippen LogP contribution is -2.12. The van der Waals surface area contributed by atoms with Crippen molar-refractivity contribution in [2.24, 2.45) is 5.92 Å². The van der Waals surface area contributed by atoms with Crippen molar-refractivity contribution < 1.29 is 4.74 Å². The van der Waals surface area contributed by atoms with Gasteiger partial charge in [-0.15, -0.1) is 0 Å². The second-order valence-corrected chi connectivity index (χ2v) is 4.54. The van der Waals surface area contributed by atoms with Crippen LogP contribution in [0.4, 0.5) is 11.6 Å². The fourth-order valence-electron chi connectivity index (χ4n) is 1.40. The highest BCUT2D eigenvalue weighted by Gasteiger charge is 1.97. The Morgan fingerprint density at radius 2 is 1.89 bits per heavy atom. The van der Waals surface area contributed by atoms with E-state index in [-0.39, 0.29) is 0 Å². The summed E-state index contributed by atoms with van der Waals surface area (Å²) in [6.45, 7) is 9.59. The maximum atomic E-state index is 5.52. The number of hydrogen-bond acceptors (Lipinski definition) is 5. The number of aromatic nitrogens is 2. The number of anilines is 2. The highest BCUT2D eigenvalue weighted by molar-refractivity contribution is 5.46. The molecule has 0 saturated heterocycles. The molecule has 5 heteroatoms. The average molecular weight is 252 g/mol. The van der Waals surface area contributed by atoms with Crippen LogP contribution in [0.2, 0.25) is 0 Å². The molecule has 1 aromatic rings. The number of hydrogen-bond donors (Lipinski definition) is 2. The molecule has 0 aliphatic carbocycles. The molecule has 0 aromatic carbocycles. The molecule has 0 aliphatic rings. The maximum absolute atomic E-state index is 5.52. The molecule has 1 heterocycles. The van der Waals surface area contributed by atoms with Crippen molar-refractivity contribution in [3.8, 4) is 0 Å². The van der Waals surface area contributed by atoms with Crippen LogP contribution in [0.3, 0.4) is 0 Å². The van der Waals surface area contributed by atoms with Crippen molar-refractivity contribution in [1.29, 1.82) is 0 Å². The summed E-state index contributed by atoms with van der Waals surface area (Å²) in [5.74, 6) is 2.37. The van der Waals surface area contributed by atoms with Gasteiger partial charge in [-0.2, -0.15) is 0 Å². The molecule has 0 radical (unpaired) electrons. The molecule has 0 unspecified atom stereocenters. The van der Waals surface area contributed by atoms with Gasteiger partial charge in [0.05, 0.1) is 6.61 Å². The van der Waals surface area contributed by atoms with E-state index in [9.17, 15) is 0 Å². The van der Waals surface area contributed by atoms with Gasteiger partial charge in [-0.1, -0.05) is 13.8 Å². The van der Waals surface area contributed by atoms with Crippen LogP contribution in [0, 0.1) is 5.92 Å². The zero-order chi connectivity index (χ0) is 13.2. The van der Waals surface area contributed by atoms with Gasteiger partial charge in [0, 0.05) is 25.8 Å². The van der Waals surface area contributed by atoms with Crippen LogP contribution in [0.1, 0.15) is 27.2 Å². The Hall–Kier alpha value is -1.36. The van der Waals surface area contributed by atoms with Gasteiger partial charge < -0.3 is 15.4 Å². The van der Waals surface area contributed by atoms with Crippen molar-refractivity contribution in [2.45, 2.75) is 27.2 Å². The first kappa shape index (κ1) is 14.7. The topological polar surface area (TPSA) is 59.1 Å². The van der Waals surface area contributed by atoms with E-state index in [4.69, 9.17) is 4.74 Å². The largest absolute Gasteiger partial charge is 0.380 e. The second-order valence-electron chi connectivity index (χ2n) is 4.54. The number of nitrogens with zero attached hydrogens (tertiary/aromatic N) is 2. The molecule has 0 saturated carbocycles. The molecular weight excluding hydrogens is 228 g/mol. The first-order valence-electron chi connectivity index (χ1n) is 6.60. The molecule has 1 aromatic heterocycles. The number of nitrogens with one attached hydrogen (secondary N) is 2. The predicted molar refractivity (Wildman–Crippen MR) is 75.0 cm³/mol. The summed E-state index contributed by atoms with van der Waals surface area (Å²) in [5.41, 5.74) is 0. The van der Waals surface area contributed by atoms with Gasteiger partial charge in [0.2, 0.25) is 0 Å². The van der Waals surface area contributed by atoms with Gasteiger partial charge in [0.15, 0.2) is 0 Å². The lowest BCUT2D eigenvalue weighted by molar-refractivity contribution is 0.132. The van der Waals surface area contributed by atoms with E-state index in [0.29, 0.717) is 12.5 Å². The first-order chi connectivity index (χ1) is 8.72. The fraction of sp³-hybridized carbons (Fsp3) is 0.692. The lowest BCUT2D eigenvalue weighted by atomic mass is 10.1. The summed E-state index contributed by atoms with van der Waals surface area (Å²) in [5, 5.41) is 6.36. The summed E-state index contributed by atoms with van der Waals surface area (Å²) in [4.78, 5) is 8.26. The van der Waals surface area contributed by atoms with E-state index in [1.807, 2.05) is 13.0 Å². The molecule has 0 fully saturated rings. The van der Waals surface area contributed by atoms with Gasteiger partial charge in [0.1, 0.15) is 18.0 Å². The molecule has 2 N–H and O–H groups in total. The summed E-state index contributed by atoms with van der Waals surface area (Å²) in [6.07, 6.45) is 2.66. The maximum Gasteiger partial charge on any atom is 0.131 e. The molecule has 18 heavy (non-hydrogen) atoms. The van der Waals surface area contributed by atoms with E-state index >= 15 is 0 Å². The van der Waals surface area contributed by atoms with Crippen LogP contribution in [0.15, 0.2) is 12.4 Å². The Labute approximate surface area is 109 Å². The number of ether oxygens (including phenoxy) is 1. The predicted octanol–water partition coefficient (Wildman–Crippen LogP) is 2.38. The van der Waals surface area contributed by atoms with Gasteiger partial charge in [-0.25, -0.2) is 9.97 Å². The van der Waals surface area contributed by atoms with Crippen LogP contribution in [-0.4, -0.2) is 36.3 Å². The third-order valence-corrected chi connectivity index (χ3v) is 2.42. The summed E-state index contributed by atoms with van der Waals surface area (Å²) in [6, 6.07) is 1.90. The highest BCUT2D eigenvalue weighted by Crippen LogP contribution is 2.07.